The summed E-state index contributed by atoms with van der Waals surface area (Å²) in [4.78, 5) is 32.6. The number of piperidine rings is 1. The molecule has 1 amide bonds. The van der Waals surface area contributed by atoms with Gasteiger partial charge in [-0.1, -0.05) is 31.2 Å². The van der Waals surface area contributed by atoms with E-state index < -0.39 is 5.82 Å². The Labute approximate surface area is 187 Å². The lowest BCUT2D eigenvalue weighted by atomic mass is 9.86. The Bertz CT molecular complexity index is 1140. The Kier molecular flexibility index (Phi) is 6.49. The normalized spacial score (nSPS) is 18.5. The molecule has 4 rings (SSSR count). The third-order valence-corrected chi connectivity index (χ3v) is 6.38. The lowest BCUT2D eigenvalue weighted by Crippen LogP contribution is -2.48. The largest absolute Gasteiger partial charge is 0.493 e. The van der Waals surface area contributed by atoms with Crippen molar-refractivity contribution in [3.8, 4) is 5.75 Å². The Morgan fingerprint density at radius 3 is 2.69 bits per heavy atom. The van der Waals surface area contributed by atoms with Gasteiger partial charge in [0.2, 0.25) is 0 Å². The molecule has 6 heteroatoms. The number of ether oxygens (including phenoxy) is 1. The topological polar surface area (TPSA) is 59.5 Å². The van der Waals surface area contributed by atoms with Gasteiger partial charge in [-0.2, -0.15) is 0 Å². The minimum atomic E-state index is -0.557. The summed E-state index contributed by atoms with van der Waals surface area (Å²) < 4.78 is 19.3. The van der Waals surface area contributed by atoms with Crippen LogP contribution < -0.4 is 4.74 Å². The number of ketones is 1. The molecule has 2 atom stereocenters. The number of benzene rings is 2. The van der Waals surface area contributed by atoms with Crippen molar-refractivity contribution < 1.29 is 18.7 Å². The van der Waals surface area contributed by atoms with E-state index >= 15 is 0 Å². The number of hydrogen-bond acceptors (Lipinski definition) is 4. The van der Waals surface area contributed by atoms with Crippen LogP contribution >= 0.6 is 0 Å². The van der Waals surface area contributed by atoms with E-state index in [9.17, 15) is 14.0 Å². The molecular weight excluding hydrogens is 407 g/mol. The van der Waals surface area contributed by atoms with E-state index in [0.29, 0.717) is 30.5 Å². The maximum atomic E-state index is 14.2. The Hall–Kier alpha value is -3.28. The first-order valence-corrected chi connectivity index (χ1v) is 11.0. The highest BCUT2D eigenvalue weighted by molar-refractivity contribution is 6.06. The highest BCUT2D eigenvalue weighted by atomic mass is 19.1. The van der Waals surface area contributed by atoms with Crippen molar-refractivity contribution >= 4 is 22.6 Å². The quantitative estimate of drug-likeness (QED) is 0.495. The minimum absolute atomic E-state index is 0.0165. The van der Waals surface area contributed by atoms with Gasteiger partial charge in [0.25, 0.3) is 5.91 Å². The maximum Gasteiger partial charge on any atom is 0.257 e. The highest BCUT2D eigenvalue weighted by Crippen LogP contribution is 2.31. The van der Waals surface area contributed by atoms with Gasteiger partial charge in [0.15, 0.2) is 17.3 Å². The molecule has 32 heavy (non-hydrogen) atoms. The summed E-state index contributed by atoms with van der Waals surface area (Å²) in [7, 11) is 1.36. The van der Waals surface area contributed by atoms with E-state index in [-0.39, 0.29) is 35.0 Å². The Balaban J connectivity index is 1.55. The number of methoxy groups -OCH3 is 1. The SMILES string of the molecule is COc1c(F)cccc1C(=O)N1CCC[C@@H](C)C1CCC(=O)c1cccc2cccnc12. The molecule has 2 aromatic carbocycles. The number of halogens is 1. The van der Waals surface area contributed by atoms with Crippen LogP contribution in [-0.2, 0) is 0 Å². The van der Waals surface area contributed by atoms with E-state index in [2.05, 4.69) is 11.9 Å². The molecule has 5 nitrogen and oxygen atoms in total. The summed E-state index contributed by atoms with van der Waals surface area (Å²) in [5.41, 5.74) is 1.53. The zero-order valence-electron chi connectivity index (χ0n) is 18.4. The van der Waals surface area contributed by atoms with Crippen molar-refractivity contribution in [2.75, 3.05) is 13.7 Å². The molecule has 0 saturated carbocycles. The number of hydrogen-bond donors (Lipinski definition) is 0. The number of aromatic nitrogens is 1. The molecule has 1 fully saturated rings. The third-order valence-electron chi connectivity index (χ3n) is 6.38. The maximum absolute atomic E-state index is 14.2. The summed E-state index contributed by atoms with van der Waals surface area (Å²) in [6.45, 7) is 2.69. The van der Waals surface area contributed by atoms with Crippen LogP contribution in [0.4, 0.5) is 4.39 Å². The van der Waals surface area contributed by atoms with Crippen LogP contribution in [0.1, 0.15) is 53.3 Å². The molecule has 0 aliphatic carbocycles. The number of para-hydroxylation sites is 2. The summed E-state index contributed by atoms with van der Waals surface area (Å²) in [5.74, 6) is -0.586. The van der Waals surface area contributed by atoms with Crippen LogP contribution in [0.3, 0.4) is 0 Å². The van der Waals surface area contributed by atoms with Crippen molar-refractivity contribution in [2.24, 2.45) is 5.92 Å². The summed E-state index contributed by atoms with van der Waals surface area (Å²) in [6, 6.07) is 13.7. The molecule has 1 unspecified atom stereocenters. The van der Waals surface area contributed by atoms with Crippen molar-refractivity contribution in [2.45, 2.75) is 38.6 Å². The van der Waals surface area contributed by atoms with Gasteiger partial charge in [0, 0.05) is 36.2 Å². The fourth-order valence-electron chi connectivity index (χ4n) is 4.72. The molecule has 0 radical (unpaired) electrons. The lowest BCUT2D eigenvalue weighted by Gasteiger charge is -2.40. The zero-order valence-corrected chi connectivity index (χ0v) is 18.4. The van der Waals surface area contributed by atoms with Crippen LogP contribution in [-0.4, -0.2) is 41.3 Å². The fraction of sp³-hybridized carbons (Fsp3) is 0.346. The molecule has 1 aliphatic heterocycles. The first kappa shape index (κ1) is 21.9. The summed E-state index contributed by atoms with van der Waals surface area (Å²) in [6.07, 6.45) is 4.41. The van der Waals surface area contributed by atoms with Crippen LogP contribution in [0.25, 0.3) is 10.9 Å². The molecule has 0 N–H and O–H groups in total. The van der Waals surface area contributed by atoms with Gasteiger partial charge in [-0.3, -0.25) is 14.6 Å². The average molecular weight is 435 g/mol. The molecule has 1 aliphatic rings. The minimum Gasteiger partial charge on any atom is -0.493 e. The Morgan fingerprint density at radius 1 is 1.12 bits per heavy atom. The van der Waals surface area contributed by atoms with Crippen LogP contribution in [0.2, 0.25) is 0 Å². The van der Waals surface area contributed by atoms with E-state index in [1.807, 2.05) is 30.3 Å². The number of pyridine rings is 1. The first-order chi connectivity index (χ1) is 15.5. The zero-order chi connectivity index (χ0) is 22.7. The second kappa shape index (κ2) is 9.47. The number of rotatable bonds is 6. The molecule has 1 aromatic heterocycles. The number of carbonyl (C=O) groups is 2. The van der Waals surface area contributed by atoms with Crippen molar-refractivity contribution in [1.29, 1.82) is 0 Å². The fourth-order valence-corrected chi connectivity index (χ4v) is 4.72. The number of fused-ring (bicyclic) bond motifs is 1. The standard InChI is InChI=1S/C26H27FN2O3/c1-17-7-6-16-29(26(31)20-11-4-12-21(27)25(20)32-2)22(17)13-14-23(30)19-10-3-8-18-9-5-15-28-24(18)19/h3-5,8-12,15,17,22H,6-7,13-14,16H2,1-2H3/t17-,22?/m1/s1. The number of likely N-dealkylation sites (tertiary alicyclic amines) is 1. The molecule has 166 valence electrons. The van der Waals surface area contributed by atoms with Crippen molar-refractivity contribution in [1.82, 2.24) is 9.88 Å². The van der Waals surface area contributed by atoms with Gasteiger partial charge < -0.3 is 9.64 Å². The summed E-state index contributed by atoms with van der Waals surface area (Å²) >= 11 is 0. The van der Waals surface area contributed by atoms with Crippen LogP contribution in [0.5, 0.6) is 5.75 Å². The number of Topliss-reactive ketones (excluding diaryl/α,β-unsaturated/α-hetero) is 1. The molecule has 0 bridgehead atoms. The van der Waals surface area contributed by atoms with E-state index in [4.69, 9.17) is 4.74 Å². The van der Waals surface area contributed by atoms with E-state index in [1.54, 1.807) is 17.2 Å². The third kappa shape index (κ3) is 4.22. The van der Waals surface area contributed by atoms with Gasteiger partial charge in [-0.05, 0) is 49.4 Å². The van der Waals surface area contributed by atoms with Crippen LogP contribution in [0.15, 0.2) is 54.7 Å². The predicted molar refractivity (Wildman–Crippen MR) is 121 cm³/mol. The van der Waals surface area contributed by atoms with Gasteiger partial charge in [0.1, 0.15) is 0 Å². The van der Waals surface area contributed by atoms with Gasteiger partial charge in [-0.15, -0.1) is 0 Å². The van der Waals surface area contributed by atoms with Gasteiger partial charge >= 0.3 is 0 Å². The van der Waals surface area contributed by atoms with Crippen molar-refractivity contribution in [3.63, 3.8) is 0 Å². The molecule has 3 aromatic rings. The number of amides is 1. The monoisotopic (exact) mass is 434 g/mol. The van der Waals surface area contributed by atoms with Gasteiger partial charge in [0.05, 0.1) is 18.2 Å². The Morgan fingerprint density at radius 2 is 1.88 bits per heavy atom. The highest BCUT2D eigenvalue weighted by Gasteiger charge is 2.34. The molecule has 0 spiro atoms. The van der Waals surface area contributed by atoms with E-state index in [0.717, 1.165) is 18.2 Å². The molecule has 2 heterocycles. The van der Waals surface area contributed by atoms with Crippen LogP contribution in [0, 0.1) is 11.7 Å². The first-order valence-electron chi connectivity index (χ1n) is 11.0. The smallest absolute Gasteiger partial charge is 0.257 e. The predicted octanol–water partition coefficient (Wildman–Crippen LogP) is 5.29. The molecule has 1 saturated heterocycles. The number of nitrogens with zero attached hydrogens (tertiary/aromatic N) is 2. The second-order valence-corrected chi connectivity index (χ2v) is 8.35. The molecular formula is C26H27FN2O3. The van der Waals surface area contributed by atoms with Gasteiger partial charge in [-0.25, -0.2) is 4.39 Å². The average Bonchev–Trinajstić information content (AvgIpc) is 2.82. The van der Waals surface area contributed by atoms with Crippen molar-refractivity contribution in [3.05, 3.63) is 71.7 Å². The summed E-state index contributed by atoms with van der Waals surface area (Å²) in [5, 5.41) is 0.930. The number of carbonyl (C=O) groups excluding carboxylic acids is 2. The van der Waals surface area contributed by atoms with E-state index in [1.165, 1.54) is 19.2 Å². The lowest BCUT2D eigenvalue weighted by molar-refractivity contribution is 0.0484. The second-order valence-electron chi connectivity index (χ2n) is 8.35.